The van der Waals surface area contributed by atoms with Crippen molar-refractivity contribution in [2.24, 2.45) is 0 Å². The first-order valence-corrected chi connectivity index (χ1v) is 9.37. The third kappa shape index (κ3) is 5.72. The highest BCUT2D eigenvalue weighted by Crippen LogP contribution is 2.31. The first-order valence-electron chi connectivity index (χ1n) is 7.80. The number of amides is 2. The van der Waals surface area contributed by atoms with Gasteiger partial charge in [0, 0.05) is 11.1 Å². The summed E-state index contributed by atoms with van der Waals surface area (Å²) >= 11 is 12.7. The summed E-state index contributed by atoms with van der Waals surface area (Å²) in [7, 11) is 0. The lowest BCUT2D eigenvalue weighted by molar-refractivity contribution is -0.274. The van der Waals surface area contributed by atoms with E-state index in [0.717, 1.165) is 17.4 Å². The van der Waals surface area contributed by atoms with Gasteiger partial charge in [0.1, 0.15) is 5.75 Å². The quantitative estimate of drug-likeness (QED) is 0.565. The number of benzene rings is 2. The van der Waals surface area contributed by atoms with Gasteiger partial charge in [0.25, 0.3) is 5.91 Å². The van der Waals surface area contributed by atoms with E-state index in [1.165, 1.54) is 30.3 Å². The molecule has 0 fully saturated rings. The van der Waals surface area contributed by atoms with Crippen molar-refractivity contribution in [3.8, 4) is 5.75 Å². The zero-order valence-corrected chi connectivity index (χ0v) is 16.5. The van der Waals surface area contributed by atoms with Gasteiger partial charge in [-0.25, -0.2) is 4.98 Å². The maximum Gasteiger partial charge on any atom is 0.573 e. The molecule has 0 saturated heterocycles. The van der Waals surface area contributed by atoms with Crippen molar-refractivity contribution in [2.45, 2.75) is 6.36 Å². The highest BCUT2D eigenvalue weighted by molar-refractivity contribution is 7.22. The normalized spacial score (nSPS) is 11.3. The van der Waals surface area contributed by atoms with Crippen LogP contribution >= 0.6 is 34.5 Å². The van der Waals surface area contributed by atoms with Crippen LogP contribution in [0.25, 0.3) is 10.2 Å². The van der Waals surface area contributed by atoms with Crippen LogP contribution in [-0.2, 0) is 4.79 Å². The summed E-state index contributed by atoms with van der Waals surface area (Å²) < 4.78 is 41.1. The molecule has 29 heavy (non-hydrogen) atoms. The van der Waals surface area contributed by atoms with E-state index in [2.05, 4.69) is 20.4 Å². The lowest BCUT2D eigenvalue weighted by Gasteiger charge is -2.07. The number of thiazole rings is 1. The minimum Gasteiger partial charge on any atom is -0.406 e. The Bertz CT molecular complexity index is 1090. The number of rotatable bonds is 5. The molecule has 0 aliphatic carbocycles. The van der Waals surface area contributed by atoms with Crippen LogP contribution in [0.4, 0.5) is 18.3 Å². The summed E-state index contributed by atoms with van der Waals surface area (Å²) in [5, 5.41) is 5.53. The van der Waals surface area contributed by atoms with Crippen LogP contribution in [0.3, 0.4) is 0 Å². The second-order valence-electron chi connectivity index (χ2n) is 5.55. The van der Waals surface area contributed by atoms with Gasteiger partial charge in [0.05, 0.1) is 27.3 Å². The molecule has 12 heteroatoms. The number of anilines is 1. The number of hydrogen-bond donors (Lipinski definition) is 2. The average Bonchev–Trinajstić information content (AvgIpc) is 2.99. The van der Waals surface area contributed by atoms with Gasteiger partial charge in [-0.3, -0.25) is 9.59 Å². The Kier molecular flexibility index (Phi) is 6.15. The van der Waals surface area contributed by atoms with Gasteiger partial charge in [0.2, 0.25) is 5.91 Å². The Morgan fingerprint density at radius 3 is 2.59 bits per heavy atom. The van der Waals surface area contributed by atoms with Crippen molar-refractivity contribution in [3.63, 3.8) is 0 Å². The van der Waals surface area contributed by atoms with E-state index in [-0.39, 0.29) is 22.3 Å². The van der Waals surface area contributed by atoms with E-state index in [1.807, 2.05) is 0 Å². The second-order valence-corrected chi connectivity index (χ2v) is 7.43. The van der Waals surface area contributed by atoms with Crippen LogP contribution < -0.4 is 15.4 Å². The molecule has 1 heterocycles. The molecule has 3 rings (SSSR count). The summed E-state index contributed by atoms with van der Waals surface area (Å²) in [6, 6.07) is 7.94. The summed E-state index contributed by atoms with van der Waals surface area (Å²) in [5.41, 5.74) is 0.540. The maximum atomic E-state index is 12.3. The third-order valence-corrected chi connectivity index (χ3v) is 4.91. The predicted molar refractivity (Wildman–Crippen MR) is 104 cm³/mol. The first kappa shape index (κ1) is 21.2. The van der Waals surface area contributed by atoms with Gasteiger partial charge >= 0.3 is 6.36 Å². The topological polar surface area (TPSA) is 80.3 Å². The lowest BCUT2D eigenvalue weighted by atomic mass is 10.2. The molecular formula is C17H10Cl2F3N3O3S. The van der Waals surface area contributed by atoms with Gasteiger partial charge < -0.3 is 15.4 Å². The molecule has 6 nitrogen and oxygen atoms in total. The predicted octanol–water partition coefficient (Wildman–Crippen LogP) is 4.87. The number of aromatic nitrogens is 1. The van der Waals surface area contributed by atoms with E-state index in [9.17, 15) is 22.8 Å². The summed E-state index contributed by atoms with van der Waals surface area (Å²) in [5.74, 6) is -1.53. The highest BCUT2D eigenvalue weighted by Gasteiger charge is 2.31. The van der Waals surface area contributed by atoms with Crippen molar-refractivity contribution in [1.82, 2.24) is 10.3 Å². The monoisotopic (exact) mass is 463 g/mol. The molecule has 0 unspecified atom stereocenters. The molecule has 0 aliphatic heterocycles. The number of fused-ring (bicyclic) bond motifs is 1. The second kappa shape index (κ2) is 8.44. The fourth-order valence-corrected chi connectivity index (χ4v) is 3.65. The number of alkyl halides is 3. The van der Waals surface area contributed by atoms with Crippen molar-refractivity contribution >= 4 is 61.7 Å². The van der Waals surface area contributed by atoms with Crippen LogP contribution in [0, 0.1) is 0 Å². The van der Waals surface area contributed by atoms with Crippen LogP contribution in [-0.4, -0.2) is 29.7 Å². The van der Waals surface area contributed by atoms with E-state index < -0.39 is 23.9 Å². The molecule has 152 valence electrons. The Hall–Kier alpha value is -2.56. The number of nitrogens with one attached hydrogen (secondary N) is 2. The molecule has 0 saturated carbocycles. The van der Waals surface area contributed by atoms with E-state index in [0.29, 0.717) is 15.2 Å². The molecule has 2 amide bonds. The molecule has 0 spiro atoms. The molecule has 0 radical (unpaired) electrons. The van der Waals surface area contributed by atoms with Crippen molar-refractivity contribution in [2.75, 3.05) is 11.9 Å². The zero-order valence-electron chi connectivity index (χ0n) is 14.1. The molecule has 0 atom stereocenters. The molecule has 1 aromatic heterocycles. The van der Waals surface area contributed by atoms with Crippen LogP contribution in [0.5, 0.6) is 5.75 Å². The number of hydrogen-bond acceptors (Lipinski definition) is 5. The summed E-state index contributed by atoms with van der Waals surface area (Å²) in [4.78, 5) is 28.2. The molecule has 2 N–H and O–H groups in total. The summed E-state index contributed by atoms with van der Waals surface area (Å²) in [6.07, 6.45) is -4.80. The van der Waals surface area contributed by atoms with Crippen molar-refractivity contribution in [1.29, 1.82) is 0 Å². The van der Waals surface area contributed by atoms with Crippen LogP contribution in [0.1, 0.15) is 10.4 Å². The Morgan fingerprint density at radius 2 is 1.90 bits per heavy atom. The molecular weight excluding hydrogens is 454 g/mol. The largest absolute Gasteiger partial charge is 0.573 e. The first-order chi connectivity index (χ1) is 13.6. The Labute approximate surface area is 175 Å². The van der Waals surface area contributed by atoms with E-state index in [1.54, 1.807) is 0 Å². The number of ether oxygens (including phenoxy) is 1. The van der Waals surface area contributed by atoms with Gasteiger partial charge in [-0.05, 0) is 30.3 Å². The molecule has 0 aliphatic rings. The van der Waals surface area contributed by atoms with Crippen LogP contribution in [0.2, 0.25) is 10.0 Å². The number of halogens is 5. The highest BCUT2D eigenvalue weighted by atomic mass is 35.5. The molecule has 3 aromatic rings. The Balaban J connectivity index is 1.61. The number of carbonyl (C=O) groups excluding carboxylic acids is 2. The fourth-order valence-electron chi connectivity index (χ4n) is 2.25. The SMILES string of the molecule is O=C(CNC(=O)c1ccc(Cl)cc1Cl)Nc1nc2ccc(OC(F)(F)F)cc2s1. The van der Waals surface area contributed by atoms with Gasteiger partial charge in [0.15, 0.2) is 5.13 Å². The lowest BCUT2D eigenvalue weighted by Crippen LogP contribution is -2.32. The molecule has 2 aromatic carbocycles. The van der Waals surface area contributed by atoms with Gasteiger partial charge in [-0.2, -0.15) is 0 Å². The Morgan fingerprint density at radius 1 is 1.14 bits per heavy atom. The number of carbonyl (C=O) groups is 2. The van der Waals surface area contributed by atoms with Crippen molar-refractivity contribution < 1.29 is 27.5 Å². The molecule has 0 bridgehead atoms. The summed E-state index contributed by atoms with van der Waals surface area (Å²) in [6.45, 7) is -0.365. The third-order valence-electron chi connectivity index (χ3n) is 3.43. The average molecular weight is 464 g/mol. The van der Waals surface area contributed by atoms with Crippen molar-refractivity contribution in [3.05, 3.63) is 52.0 Å². The fraction of sp³-hybridized carbons (Fsp3) is 0.118. The van der Waals surface area contributed by atoms with Gasteiger partial charge in [-0.1, -0.05) is 34.5 Å². The minimum absolute atomic E-state index is 0.137. The number of nitrogens with zero attached hydrogens (tertiary/aromatic N) is 1. The smallest absolute Gasteiger partial charge is 0.406 e. The maximum absolute atomic E-state index is 12.3. The van der Waals surface area contributed by atoms with E-state index >= 15 is 0 Å². The van der Waals surface area contributed by atoms with Crippen LogP contribution in [0.15, 0.2) is 36.4 Å². The van der Waals surface area contributed by atoms with Gasteiger partial charge in [-0.15, -0.1) is 13.2 Å². The van der Waals surface area contributed by atoms with E-state index in [4.69, 9.17) is 23.2 Å². The minimum atomic E-state index is -4.80. The zero-order chi connectivity index (χ0) is 21.2. The standard InChI is InChI=1S/C17H10Cl2F3N3O3S/c18-8-1-3-10(11(19)5-8)15(27)23-7-14(26)25-16-24-12-4-2-9(6-13(12)29-16)28-17(20,21)22/h1-6H,7H2,(H,23,27)(H,24,25,26).